The van der Waals surface area contributed by atoms with Crippen LogP contribution in [0.3, 0.4) is 0 Å². The van der Waals surface area contributed by atoms with Crippen LogP contribution in [0.1, 0.15) is 56.2 Å². The standard InChI is InChI=1S/C16H18.C2H6/c1-12-6-5-9-15-11-13-7-3-2-4-8-14(10-13)16(12)15;1-2/h5-9H,2-4,10-11H2,1H3;1-2H3/b13-7+,14-8+;. The van der Waals surface area contributed by atoms with E-state index in [0.717, 1.165) is 0 Å². The zero-order valence-electron chi connectivity index (χ0n) is 11.9. The fourth-order valence-corrected chi connectivity index (χ4v) is 2.99. The SMILES string of the molecule is CC.Cc1cccc2c1/C1=C/CCC/C=C(\C1)C2. The molecule has 0 amide bonds. The van der Waals surface area contributed by atoms with E-state index in [9.17, 15) is 0 Å². The van der Waals surface area contributed by atoms with Crippen LogP contribution in [0.4, 0.5) is 0 Å². The van der Waals surface area contributed by atoms with Crippen LogP contribution in [0.5, 0.6) is 0 Å². The average molecular weight is 240 g/mol. The molecule has 2 bridgehead atoms. The van der Waals surface area contributed by atoms with Crippen LogP contribution in [-0.2, 0) is 6.42 Å². The monoisotopic (exact) mass is 240 g/mol. The molecule has 0 nitrogen and oxygen atoms in total. The molecule has 0 heterocycles. The molecule has 0 aliphatic heterocycles. The first-order chi connectivity index (χ1) is 8.84. The number of benzene rings is 1. The van der Waals surface area contributed by atoms with Crippen molar-refractivity contribution in [2.75, 3.05) is 0 Å². The van der Waals surface area contributed by atoms with Gasteiger partial charge in [-0.05, 0) is 61.3 Å². The summed E-state index contributed by atoms with van der Waals surface area (Å²) in [5, 5.41) is 0. The summed E-state index contributed by atoms with van der Waals surface area (Å²) in [6.45, 7) is 6.24. The molecule has 0 atom stereocenters. The fraction of sp³-hybridized carbons (Fsp3) is 0.444. The summed E-state index contributed by atoms with van der Waals surface area (Å²) >= 11 is 0. The van der Waals surface area contributed by atoms with Gasteiger partial charge in [0, 0.05) is 0 Å². The summed E-state index contributed by atoms with van der Waals surface area (Å²) in [6, 6.07) is 6.73. The van der Waals surface area contributed by atoms with E-state index in [1.807, 2.05) is 13.8 Å². The maximum Gasteiger partial charge on any atom is -0.00576 e. The minimum atomic E-state index is 1.17. The normalized spacial score (nSPS) is 23.1. The van der Waals surface area contributed by atoms with Crippen molar-refractivity contribution in [2.45, 2.75) is 52.9 Å². The molecule has 1 aromatic carbocycles. The van der Waals surface area contributed by atoms with Crippen molar-refractivity contribution >= 4 is 5.57 Å². The minimum Gasteiger partial charge on any atom is -0.0846 e. The van der Waals surface area contributed by atoms with Gasteiger partial charge >= 0.3 is 0 Å². The minimum absolute atomic E-state index is 1.17. The molecule has 1 aromatic rings. The highest BCUT2D eigenvalue weighted by atomic mass is 14.2. The average Bonchev–Trinajstić information content (AvgIpc) is 2.38. The molecule has 18 heavy (non-hydrogen) atoms. The number of hydrogen-bond donors (Lipinski definition) is 0. The number of allylic oxidation sites excluding steroid dienone is 4. The van der Waals surface area contributed by atoms with E-state index in [4.69, 9.17) is 0 Å². The highest BCUT2D eigenvalue weighted by molar-refractivity contribution is 5.75. The van der Waals surface area contributed by atoms with Crippen LogP contribution in [0.25, 0.3) is 5.57 Å². The van der Waals surface area contributed by atoms with E-state index >= 15 is 0 Å². The van der Waals surface area contributed by atoms with Crippen molar-refractivity contribution in [1.82, 2.24) is 0 Å². The number of aryl methyl sites for hydroxylation is 1. The van der Waals surface area contributed by atoms with E-state index in [1.54, 1.807) is 16.7 Å². The van der Waals surface area contributed by atoms with Gasteiger partial charge in [0.1, 0.15) is 0 Å². The second kappa shape index (κ2) is 6.04. The molecule has 96 valence electrons. The van der Waals surface area contributed by atoms with Crippen LogP contribution in [-0.4, -0.2) is 0 Å². The predicted octanol–water partition coefficient (Wildman–Crippen LogP) is 5.46. The molecular weight excluding hydrogens is 216 g/mol. The predicted molar refractivity (Wildman–Crippen MR) is 80.8 cm³/mol. The molecule has 0 heteroatoms. The summed E-state index contributed by atoms with van der Waals surface area (Å²) < 4.78 is 0. The molecule has 0 aromatic heterocycles. The molecule has 0 fully saturated rings. The summed E-state index contributed by atoms with van der Waals surface area (Å²) in [5.74, 6) is 0. The quantitative estimate of drug-likeness (QED) is 0.528. The first-order valence-corrected chi connectivity index (χ1v) is 7.30. The lowest BCUT2D eigenvalue weighted by atomic mass is 9.80. The van der Waals surface area contributed by atoms with E-state index in [-0.39, 0.29) is 0 Å². The Morgan fingerprint density at radius 3 is 2.56 bits per heavy atom. The van der Waals surface area contributed by atoms with Crippen molar-refractivity contribution in [2.24, 2.45) is 0 Å². The van der Waals surface area contributed by atoms with Gasteiger partial charge in [-0.25, -0.2) is 0 Å². The summed E-state index contributed by atoms with van der Waals surface area (Å²) in [7, 11) is 0. The Balaban J connectivity index is 0.000000574. The molecule has 0 radical (unpaired) electrons. The second-order valence-corrected chi connectivity index (χ2v) is 4.99. The second-order valence-electron chi connectivity index (χ2n) is 4.99. The molecule has 0 saturated heterocycles. The number of fused-ring (bicyclic) bond motifs is 4. The van der Waals surface area contributed by atoms with Gasteiger partial charge < -0.3 is 0 Å². The van der Waals surface area contributed by atoms with Gasteiger partial charge in [-0.15, -0.1) is 0 Å². The Kier molecular flexibility index (Phi) is 4.41. The van der Waals surface area contributed by atoms with E-state index in [2.05, 4.69) is 37.3 Å². The lowest BCUT2D eigenvalue weighted by Gasteiger charge is -2.25. The van der Waals surface area contributed by atoms with Gasteiger partial charge in [0.25, 0.3) is 0 Å². The zero-order chi connectivity index (χ0) is 13.0. The Labute approximate surface area is 111 Å². The maximum absolute atomic E-state index is 2.47. The molecule has 0 saturated carbocycles. The van der Waals surface area contributed by atoms with Crippen molar-refractivity contribution < 1.29 is 0 Å². The number of hydrogen-bond acceptors (Lipinski definition) is 0. The van der Waals surface area contributed by atoms with Crippen LogP contribution in [0.2, 0.25) is 0 Å². The van der Waals surface area contributed by atoms with Crippen LogP contribution < -0.4 is 0 Å². The summed E-state index contributed by atoms with van der Waals surface area (Å²) in [5.41, 5.74) is 7.73. The lowest BCUT2D eigenvalue weighted by Crippen LogP contribution is -2.07. The highest BCUT2D eigenvalue weighted by Crippen LogP contribution is 2.37. The van der Waals surface area contributed by atoms with Crippen LogP contribution in [0.15, 0.2) is 35.9 Å². The fourth-order valence-electron chi connectivity index (χ4n) is 2.99. The van der Waals surface area contributed by atoms with E-state index in [0.29, 0.717) is 0 Å². The van der Waals surface area contributed by atoms with E-state index < -0.39 is 0 Å². The van der Waals surface area contributed by atoms with Gasteiger partial charge in [0.05, 0.1) is 0 Å². The van der Waals surface area contributed by atoms with Gasteiger partial charge in [0.2, 0.25) is 0 Å². The molecule has 0 spiro atoms. The van der Waals surface area contributed by atoms with Crippen molar-refractivity contribution in [1.29, 1.82) is 0 Å². The van der Waals surface area contributed by atoms with Gasteiger partial charge in [-0.1, -0.05) is 49.8 Å². The third-order valence-corrected chi connectivity index (χ3v) is 3.75. The van der Waals surface area contributed by atoms with Crippen molar-refractivity contribution in [3.05, 3.63) is 52.6 Å². The summed E-state index contributed by atoms with van der Waals surface area (Å²) in [6.07, 6.45) is 11.1. The molecule has 3 rings (SSSR count). The maximum atomic E-state index is 2.47. The molecule has 2 aliphatic carbocycles. The lowest BCUT2D eigenvalue weighted by molar-refractivity contribution is 0.835. The van der Waals surface area contributed by atoms with E-state index in [1.165, 1.54) is 43.2 Å². The first-order valence-electron chi connectivity index (χ1n) is 7.30. The van der Waals surface area contributed by atoms with Gasteiger partial charge in [-0.3, -0.25) is 0 Å². The number of rotatable bonds is 0. The Morgan fingerprint density at radius 1 is 0.944 bits per heavy atom. The zero-order valence-corrected chi connectivity index (χ0v) is 11.9. The third-order valence-electron chi connectivity index (χ3n) is 3.75. The summed E-state index contributed by atoms with van der Waals surface area (Å²) in [4.78, 5) is 0. The van der Waals surface area contributed by atoms with Crippen LogP contribution in [0, 0.1) is 6.92 Å². The largest absolute Gasteiger partial charge is 0.0846 e. The first kappa shape index (κ1) is 13.1. The Hall–Kier alpha value is -1.30. The third kappa shape index (κ3) is 2.58. The molecule has 0 unspecified atom stereocenters. The van der Waals surface area contributed by atoms with Crippen molar-refractivity contribution in [3.63, 3.8) is 0 Å². The van der Waals surface area contributed by atoms with Crippen molar-refractivity contribution in [3.8, 4) is 0 Å². The Bertz CT molecular complexity index is 475. The smallest absolute Gasteiger partial charge is 0.00576 e. The highest BCUT2D eigenvalue weighted by Gasteiger charge is 2.19. The Morgan fingerprint density at radius 2 is 1.72 bits per heavy atom. The van der Waals surface area contributed by atoms with Gasteiger partial charge in [-0.2, -0.15) is 0 Å². The topological polar surface area (TPSA) is 0 Å². The molecule has 0 N–H and O–H groups in total. The molecular formula is C18H24. The van der Waals surface area contributed by atoms with Crippen LogP contribution >= 0.6 is 0 Å². The van der Waals surface area contributed by atoms with Gasteiger partial charge in [0.15, 0.2) is 0 Å². The molecule has 2 aliphatic rings.